The summed E-state index contributed by atoms with van der Waals surface area (Å²) >= 11 is 0. The Kier molecular flexibility index (Phi) is 3.98. The fourth-order valence-corrected chi connectivity index (χ4v) is 1.59. The maximum absolute atomic E-state index is 10.6. The fourth-order valence-electron chi connectivity index (χ4n) is 0.749. The molecule has 0 heterocycles. The van der Waals surface area contributed by atoms with Crippen molar-refractivity contribution >= 4 is 22.1 Å². The number of carboxylic acid groups (broad SMARTS) is 2. The third kappa shape index (κ3) is 3.68. The van der Waals surface area contributed by atoms with Gasteiger partial charge in [0.15, 0.2) is 0 Å². The Morgan fingerprint density at radius 3 is 1.93 bits per heavy atom. The summed E-state index contributed by atoms with van der Waals surface area (Å²) in [6.45, 7) is 0. The monoisotopic (exact) mass is 227 g/mol. The average molecular weight is 227 g/mol. The minimum absolute atomic E-state index is 1.06. The molecule has 0 aromatic heterocycles. The van der Waals surface area contributed by atoms with Crippen LogP contribution in [0.4, 0.5) is 0 Å². The molecule has 0 fully saturated rings. The van der Waals surface area contributed by atoms with Crippen LogP contribution in [0.5, 0.6) is 0 Å². The molecule has 0 aliphatic heterocycles. The number of carbonyl (C=O) groups is 2. The summed E-state index contributed by atoms with van der Waals surface area (Å²) in [6.07, 6.45) is -1.06. The predicted octanol–water partition coefficient (Wildman–Crippen LogP) is -1.87. The number of carboxylic acids is 2. The van der Waals surface area contributed by atoms with Gasteiger partial charge in [-0.3, -0.25) is 14.1 Å². The summed E-state index contributed by atoms with van der Waals surface area (Å²) in [4.78, 5) is 20.4. The van der Waals surface area contributed by atoms with Crippen LogP contribution in [0.25, 0.3) is 0 Å². The summed E-state index contributed by atoms with van der Waals surface area (Å²) < 4.78 is 29.6. The minimum Gasteiger partial charge on any atom is -0.481 e. The summed E-state index contributed by atoms with van der Waals surface area (Å²) in [6, 6.07) is -1.97. The number of hydrogen-bond donors (Lipinski definition) is 4. The van der Waals surface area contributed by atoms with E-state index in [1.165, 1.54) is 0 Å². The Morgan fingerprint density at radius 2 is 1.71 bits per heavy atom. The second kappa shape index (κ2) is 4.35. The molecule has 0 aliphatic carbocycles. The van der Waals surface area contributed by atoms with Crippen molar-refractivity contribution in [3.05, 3.63) is 0 Å². The molecule has 0 radical (unpaired) electrons. The van der Waals surface area contributed by atoms with Crippen molar-refractivity contribution in [3.63, 3.8) is 0 Å². The van der Waals surface area contributed by atoms with Gasteiger partial charge in [-0.1, -0.05) is 0 Å². The molecule has 0 bridgehead atoms. The average Bonchev–Trinajstić information content (AvgIpc) is 1.96. The second-order valence-corrected chi connectivity index (χ2v) is 4.15. The van der Waals surface area contributed by atoms with Crippen LogP contribution in [-0.2, 0) is 19.7 Å². The van der Waals surface area contributed by atoms with Gasteiger partial charge in [-0.05, 0) is 0 Å². The number of nitrogens with two attached hydrogens (primary N) is 1. The Labute approximate surface area is 79.1 Å². The molecule has 0 saturated carbocycles. The van der Waals surface area contributed by atoms with E-state index < -0.39 is 39.8 Å². The molecule has 0 aliphatic rings. The van der Waals surface area contributed by atoms with Crippen LogP contribution >= 0.6 is 0 Å². The third-order valence-corrected chi connectivity index (χ3v) is 2.67. The zero-order valence-corrected chi connectivity index (χ0v) is 7.64. The zero-order chi connectivity index (χ0) is 11.5. The molecule has 0 rings (SSSR count). The van der Waals surface area contributed by atoms with Crippen LogP contribution in [0, 0.1) is 0 Å². The quantitative estimate of drug-likeness (QED) is 0.398. The van der Waals surface area contributed by atoms with Crippen molar-refractivity contribution in [1.29, 1.82) is 0 Å². The van der Waals surface area contributed by atoms with E-state index in [1.54, 1.807) is 0 Å². The molecule has 2 atom stereocenters. The lowest BCUT2D eigenvalue weighted by Crippen LogP contribution is -2.47. The molecule has 9 heteroatoms. The highest BCUT2D eigenvalue weighted by Crippen LogP contribution is 2.08. The van der Waals surface area contributed by atoms with Gasteiger partial charge >= 0.3 is 11.9 Å². The topological polar surface area (TPSA) is 155 Å². The molecule has 0 aromatic rings. The van der Waals surface area contributed by atoms with E-state index in [-0.39, 0.29) is 0 Å². The van der Waals surface area contributed by atoms with Crippen molar-refractivity contribution in [2.75, 3.05) is 0 Å². The van der Waals surface area contributed by atoms with E-state index in [4.69, 9.17) is 20.5 Å². The lowest BCUT2D eigenvalue weighted by atomic mass is 10.1. The fraction of sp³-hybridized carbons (Fsp3) is 0.600. The van der Waals surface area contributed by atoms with Crippen LogP contribution < -0.4 is 5.73 Å². The predicted molar refractivity (Wildman–Crippen MR) is 43.2 cm³/mol. The second-order valence-electron chi connectivity index (χ2n) is 2.52. The summed E-state index contributed by atoms with van der Waals surface area (Å²) in [5.74, 6) is -3.27. The summed E-state index contributed by atoms with van der Waals surface area (Å²) in [7, 11) is -4.79. The van der Waals surface area contributed by atoms with Crippen LogP contribution in [0.3, 0.4) is 0 Å². The van der Waals surface area contributed by atoms with Gasteiger partial charge in [0.05, 0.1) is 6.42 Å². The summed E-state index contributed by atoms with van der Waals surface area (Å²) in [5, 5.41) is 14.5. The largest absolute Gasteiger partial charge is 0.481 e. The molecule has 14 heavy (non-hydrogen) atoms. The molecule has 82 valence electrons. The SMILES string of the molecule is N[C@@H](C(=O)O)[C@H](CC(=O)O)S(=O)(=O)O. The molecule has 0 saturated heterocycles. The highest BCUT2D eigenvalue weighted by Gasteiger charge is 2.36. The van der Waals surface area contributed by atoms with Gasteiger partial charge in [0.1, 0.15) is 11.3 Å². The first-order valence-corrected chi connectivity index (χ1v) is 4.83. The van der Waals surface area contributed by atoms with Gasteiger partial charge in [-0.15, -0.1) is 0 Å². The standard InChI is InChI=1S/C5H9NO7S/c6-4(5(9)10)2(1-3(7)8)14(11,12)13/h2,4H,1,6H2,(H,7,8)(H,9,10)(H,11,12,13)/t2-,4+/m0/s1. The molecule has 5 N–H and O–H groups in total. The van der Waals surface area contributed by atoms with Gasteiger partial charge in [0, 0.05) is 0 Å². The Bertz CT molecular complexity index is 334. The number of aliphatic carboxylic acids is 2. The number of rotatable bonds is 5. The van der Waals surface area contributed by atoms with Gasteiger partial charge in [0.25, 0.3) is 10.1 Å². The third-order valence-electron chi connectivity index (χ3n) is 1.44. The van der Waals surface area contributed by atoms with Crippen molar-refractivity contribution < 1.29 is 32.8 Å². The highest BCUT2D eigenvalue weighted by molar-refractivity contribution is 7.86. The molecular formula is C5H9NO7S. The van der Waals surface area contributed by atoms with Crippen molar-refractivity contribution in [1.82, 2.24) is 0 Å². The highest BCUT2D eigenvalue weighted by atomic mass is 32.2. The smallest absolute Gasteiger partial charge is 0.321 e. The van der Waals surface area contributed by atoms with E-state index in [1.807, 2.05) is 0 Å². The van der Waals surface area contributed by atoms with Gasteiger partial charge in [-0.2, -0.15) is 8.42 Å². The molecule has 0 spiro atoms. The minimum atomic E-state index is -4.79. The van der Waals surface area contributed by atoms with E-state index in [0.29, 0.717) is 0 Å². The van der Waals surface area contributed by atoms with Crippen LogP contribution in [-0.4, -0.2) is 46.4 Å². The maximum atomic E-state index is 10.6. The lowest BCUT2D eigenvalue weighted by Gasteiger charge is -2.15. The molecular weight excluding hydrogens is 218 g/mol. The Balaban J connectivity index is 4.92. The molecule has 8 nitrogen and oxygen atoms in total. The van der Waals surface area contributed by atoms with Crippen molar-refractivity contribution in [2.24, 2.45) is 5.73 Å². The van der Waals surface area contributed by atoms with Gasteiger partial charge < -0.3 is 15.9 Å². The lowest BCUT2D eigenvalue weighted by molar-refractivity contribution is -0.139. The summed E-state index contributed by atoms with van der Waals surface area (Å²) in [5.41, 5.74) is 4.89. The van der Waals surface area contributed by atoms with Crippen LogP contribution in [0.2, 0.25) is 0 Å². The van der Waals surface area contributed by atoms with Gasteiger partial charge in [-0.25, -0.2) is 0 Å². The maximum Gasteiger partial charge on any atom is 0.321 e. The van der Waals surface area contributed by atoms with Crippen LogP contribution in [0.1, 0.15) is 6.42 Å². The molecule has 0 amide bonds. The van der Waals surface area contributed by atoms with E-state index in [2.05, 4.69) is 0 Å². The van der Waals surface area contributed by atoms with E-state index in [9.17, 15) is 18.0 Å². The Hall–Kier alpha value is -1.19. The van der Waals surface area contributed by atoms with Crippen molar-refractivity contribution in [3.8, 4) is 0 Å². The Morgan fingerprint density at radius 1 is 1.29 bits per heavy atom. The first-order chi connectivity index (χ1) is 6.16. The van der Waals surface area contributed by atoms with Crippen molar-refractivity contribution in [2.45, 2.75) is 17.7 Å². The molecule has 0 aromatic carbocycles. The number of hydrogen-bond acceptors (Lipinski definition) is 5. The van der Waals surface area contributed by atoms with Crippen LogP contribution in [0.15, 0.2) is 0 Å². The molecule has 0 unspecified atom stereocenters. The first kappa shape index (κ1) is 12.8. The first-order valence-electron chi connectivity index (χ1n) is 3.32. The normalized spacial score (nSPS) is 15.9. The van der Waals surface area contributed by atoms with E-state index in [0.717, 1.165) is 0 Å². The zero-order valence-electron chi connectivity index (χ0n) is 6.82. The van der Waals surface area contributed by atoms with Gasteiger partial charge in [0.2, 0.25) is 0 Å². The van der Waals surface area contributed by atoms with E-state index >= 15 is 0 Å².